The minimum atomic E-state index is 0.421. The van der Waals surface area contributed by atoms with Crippen LogP contribution in [0.5, 0.6) is 0 Å². The number of hydrogen-bond acceptors (Lipinski definition) is 3. The number of likely N-dealkylation sites (N-methyl/N-ethyl adjacent to an activating group) is 2. The molecule has 1 fully saturated rings. The van der Waals surface area contributed by atoms with Gasteiger partial charge >= 0.3 is 0 Å². The Balaban J connectivity index is 2.99. The van der Waals surface area contributed by atoms with Gasteiger partial charge in [-0.3, -0.25) is 4.90 Å². The fourth-order valence-corrected chi connectivity index (χ4v) is 4.49. The number of alkyl halides is 2. The summed E-state index contributed by atoms with van der Waals surface area (Å²) in [7, 11) is 4.58. The van der Waals surface area contributed by atoms with Crippen molar-refractivity contribution in [1.29, 1.82) is 0 Å². The number of halogens is 2. The molecule has 1 aliphatic rings. The first-order valence-corrected chi connectivity index (χ1v) is 9.82. The van der Waals surface area contributed by atoms with Crippen molar-refractivity contribution in [3.63, 3.8) is 0 Å². The topological polar surface area (TPSA) is 32.5 Å². The Morgan fingerprint density at radius 1 is 1.25 bits per heavy atom. The zero-order chi connectivity index (χ0) is 15.4. The molecule has 0 aromatic rings. The van der Waals surface area contributed by atoms with Crippen molar-refractivity contribution in [2.24, 2.45) is 17.6 Å². The van der Waals surface area contributed by atoms with E-state index in [1.54, 1.807) is 0 Å². The van der Waals surface area contributed by atoms with E-state index in [1.807, 2.05) is 0 Å². The molecule has 5 heteroatoms. The highest BCUT2D eigenvalue weighted by Gasteiger charge is 2.38. The maximum Gasteiger partial charge on any atom is 0.0338 e. The first kappa shape index (κ1) is 19.1. The van der Waals surface area contributed by atoms with Crippen molar-refractivity contribution in [2.45, 2.75) is 48.0 Å². The Hall–Kier alpha value is 1.09. The van der Waals surface area contributed by atoms with Crippen molar-refractivity contribution in [3.8, 4) is 0 Å². The SMILES string of the molecule is CC(C)C1CN(C)CC(C(C)I)N(C)C1CC(Br)CN. The summed E-state index contributed by atoms with van der Waals surface area (Å²) in [5.41, 5.74) is 5.84. The molecule has 5 unspecified atom stereocenters. The average molecular weight is 460 g/mol. The maximum atomic E-state index is 5.84. The summed E-state index contributed by atoms with van der Waals surface area (Å²) in [5, 5.41) is 0. The fraction of sp³-hybridized carbons (Fsp3) is 1.00. The molecule has 3 nitrogen and oxygen atoms in total. The molecule has 0 aromatic heterocycles. The third-order valence-corrected chi connectivity index (χ3v) is 6.28. The van der Waals surface area contributed by atoms with E-state index in [4.69, 9.17) is 5.73 Å². The smallest absolute Gasteiger partial charge is 0.0338 e. The third kappa shape index (κ3) is 5.07. The van der Waals surface area contributed by atoms with E-state index in [-0.39, 0.29) is 0 Å². The molecular formula is C15H31BrIN3. The second-order valence-electron chi connectivity index (χ2n) is 6.68. The molecule has 0 bridgehead atoms. The molecule has 0 radical (unpaired) electrons. The van der Waals surface area contributed by atoms with Gasteiger partial charge in [0.1, 0.15) is 0 Å². The Kier molecular flexibility index (Phi) is 8.28. The molecule has 0 aliphatic carbocycles. The lowest BCUT2D eigenvalue weighted by Crippen LogP contribution is -2.49. The van der Waals surface area contributed by atoms with Gasteiger partial charge in [-0.25, -0.2) is 0 Å². The van der Waals surface area contributed by atoms with Gasteiger partial charge in [0.15, 0.2) is 0 Å². The largest absolute Gasteiger partial charge is 0.329 e. The predicted molar refractivity (Wildman–Crippen MR) is 101 cm³/mol. The van der Waals surface area contributed by atoms with Crippen LogP contribution in [0.4, 0.5) is 0 Å². The standard InChI is InChI=1S/C15H31BrIN3/c1-10(2)13-8-19(4)9-15(11(3)17)20(5)14(13)6-12(16)7-18/h10-15H,6-9,18H2,1-5H3. The zero-order valence-electron chi connectivity index (χ0n) is 13.5. The summed E-state index contributed by atoms with van der Waals surface area (Å²) < 4.78 is 0.653. The lowest BCUT2D eigenvalue weighted by atomic mass is 9.85. The van der Waals surface area contributed by atoms with Gasteiger partial charge in [0, 0.05) is 40.5 Å². The second kappa shape index (κ2) is 8.65. The fourth-order valence-electron chi connectivity index (χ4n) is 3.38. The summed E-state index contributed by atoms with van der Waals surface area (Å²) in [4.78, 5) is 5.58. The zero-order valence-corrected chi connectivity index (χ0v) is 17.3. The van der Waals surface area contributed by atoms with Crippen molar-refractivity contribution in [1.82, 2.24) is 9.80 Å². The van der Waals surface area contributed by atoms with E-state index in [9.17, 15) is 0 Å². The van der Waals surface area contributed by atoms with Crippen LogP contribution in [0.1, 0.15) is 27.2 Å². The lowest BCUT2D eigenvalue weighted by molar-refractivity contribution is 0.119. The molecule has 0 amide bonds. The van der Waals surface area contributed by atoms with Crippen molar-refractivity contribution >= 4 is 38.5 Å². The Morgan fingerprint density at radius 2 is 1.85 bits per heavy atom. The molecule has 1 saturated heterocycles. The van der Waals surface area contributed by atoms with Crippen LogP contribution in [0.25, 0.3) is 0 Å². The van der Waals surface area contributed by atoms with Crippen molar-refractivity contribution < 1.29 is 0 Å². The molecule has 0 saturated carbocycles. The lowest BCUT2D eigenvalue weighted by Gasteiger charge is -2.39. The molecule has 2 N–H and O–H groups in total. The Bertz CT molecular complexity index is 288. The summed E-state index contributed by atoms with van der Waals surface area (Å²) in [5.74, 6) is 1.40. The van der Waals surface area contributed by atoms with E-state index in [2.05, 4.69) is 83.2 Å². The normalized spacial score (nSPS) is 33.1. The number of rotatable bonds is 5. The highest BCUT2D eigenvalue weighted by molar-refractivity contribution is 14.1. The highest BCUT2D eigenvalue weighted by atomic mass is 127. The van der Waals surface area contributed by atoms with Crippen LogP contribution in [0.3, 0.4) is 0 Å². The van der Waals surface area contributed by atoms with E-state index in [1.165, 1.54) is 6.54 Å². The minimum absolute atomic E-state index is 0.421. The second-order valence-corrected chi connectivity index (χ2v) is 9.94. The van der Waals surface area contributed by atoms with Crippen molar-refractivity contribution in [2.75, 3.05) is 33.7 Å². The van der Waals surface area contributed by atoms with Gasteiger partial charge in [-0.1, -0.05) is 59.3 Å². The van der Waals surface area contributed by atoms with Gasteiger partial charge in [-0.15, -0.1) is 0 Å². The summed E-state index contributed by atoms with van der Waals surface area (Å²) in [6, 6.07) is 1.22. The first-order valence-electron chi connectivity index (χ1n) is 7.66. The van der Waals surface area contributed by atoms with Gasteiger partial charge in [0.05, 0.1) is 0 Å². The number of nitrogens with two attached hydrogens (primary N) is 1. The highest BCUT2D eigenvalue weighted by Crippen LogP contribution is 2.31. The molecule has 0 spiro atoms. The average Bonchev–Trinajstić information content (AvgIpc) is 2.49. The molecule has 1 rings (SSSR count). The van der Waals surface area contributed by atoms with Gasteiger partial charge in [0.25, 0.3) is 0 Å². The molecule has 20 heavy (non-hydrogen) atoms. The monoisotopic (exact) mass is 459 g/mol. The van der Waals surface area contributed by atoms with E-state index >= 15 is 0 Å². The molecule has 1 heterocycles. The Labute approximate surface area is 147 Å². The van der Waals surface area contributed by atoms with Crippen LogP contribution in [0.15, 0.2) is 0 Å². The third-order valence-electron chi connectivity index (χ3n) is 4.70. The van der Waals surface area contributed by atoms with Gasteiger partial charge in [0.2, 0.25) is 0 Å². The van der Waals surface area contributed by atoms with E-state index < -0.39 is 0 Å². The van der Waals surface area contributed by atoms with Crippen LogP contribution in [-0.2, 0) is 0 Å². The number of nitrogens with zero attached hydrogens (tertiary/aromatic N) is 2. The van der Waals surface area contributed by atoms with Crippen LogP contribution in [0.2, 0.25) is 0 Å². The van der Waals surface area contributed by atoms with Gasteiger partial charge < -0.3 is 10.6 Å². The predicted octanol–water partition coefficient (Wildman–Crippen LogP) is 2.81. The summed E-state index contributed by atoms with van der Waals surface area (Å²) >= 11 is 6.32. The minimum Gasteiger partial charge on any atom is -0.329 e. The molecule has 0 aromatic carbocycles. The van der Waals surface area contributed by atoms with Crippen LogP contribution >= 0.6 is 38.5 Å². The van der Waals surface area contributed by atoms with E-state index in [0.717, 1.165) is 19.5 Å². The summed E-state index contributed by atoms with van der Waals surface area (Å²) in [6.45, 7) is 10.1. The number of hydrogen-bond donors (Lipinski definition) is 1. The summed E-state index contributed by atoms with van der Waals surface area (Å²) in [6.07, 6.45) is 1.14. The molecule has 5 atom stereocenters. The molecule has 1 aliphatic heterocycles. The Morgan fingerprint density at radius 3 is 2.30 bits per heavy atom. The molecule has 120 valence electrons. The van der Waals surface area contributed by atoms with Gasteiger partial charge in [-0.05, 0) is 32.4 Å². The maximum absolute atomic E-state index is 5.84. The molecular weight excluding hydrogens is 429 g/mol. The van der Waals surface area contributed by atoms with E-state index in [0.29, 0.717) is 32.7 Å². The van der Waals surface area contributed by atoms with Crippen LogP contribution in [0, 0.1) is 11.8 Å². The van der Waals surface area contributed by atoms with Gasteiger partial charge in [-0.2, -0.15) is 0 Å². The first-order chi connectivity index (χ1) is 9.27. The van der Waals surface area contributed by atoms with Crippen LogP contribution in [-0.4, -0.2) is 64.4 Å². The quantitative estimate of drug-likeness (QED) is 0.506. The van der Waals surface area contributed by atoms with Crippen molar-refractivity contribution in [3.05, 3.63) is 0 Å². The van der Waals surface area contributed by atoms with Crippen LogP contribution < -0.4 is 5.73 Å².